The van der Waals surface area contributed by atoms with E-state index < -0.39 is 12.1 Å². The Morgan fingerprint density at radius 1 is 1.12 bits per heavy atom. The van der Waals surface area contributed by atoms with E-state index in [4.69, 9.17) is 15.8 Å². The van der Waals surface area contributed by atoms with Gasteiger partial charge in [-0.2, -0.15) is 0 Å². The smallest absolute Gasteiger partial charge is 0.0964 e. The Balaban J connectivity index is 1.40. The summed E-state index contributed by atoms with van der Waals surface area (Å²) in [5.74, 6) is 0.512. The molecule has 0 saturated carbocycles. The van der Waals surface area contributed by atoms with Gasteiger partial charge in [0.2, 0.25) is 0 Å². The van der Waals surface area contributed by atoms with Crippen LogP contribution < -0.4 is 5.73 Å². The van der Waals surface area contributed by atoms with Gasteiger partial charge in [0.1, 0.15) is 0 Å². The molecule has 1 fully saturated rings. The van der Waals surface area contributed by atoms with Crippen LogP contribution in [0.15, 0.2) is 23.6 Å². The summed E-state index contributed by atoms with van der Waals surface area (Å²) in [7, 11) is 0. The minimum atomic E-state index is -0.638. The molecule has 2 aromatic rings. The van der Waals surface area contributed by atoms with Gasteiger partial charge in [-0.05, 0) is 73.2 Å². The number of likely N-dealkylation sites (tertiary alicyclic amines) is 1. The number of nitrogens with zero attached hydrogens (tertiary/aromatic N) is 2. The third-order valence-corrected chi connectivity index (χ3v) is 9.06. The second-order valence-electron chi connectivity index (χ2n) is 11.4. The monoisotopic (exact) mass is 471 g/mol. The zero-order chi connectivity index (χ0) is 23.8. The van der Waals surface area contributed by atoms with Gasteiger partial charge < -0.3 is 20.8 Å². The normalized spacial score (nSPS) is 22.6. The first kappa shape index (κ1) is 24.8. The fourth-order valence-electron chi connectivity index (χ4n) is 5.41. The molecular weight excluding hydrogens is 430 g/mol. The SMILES string of the molecule is CC1(C)CCC(C)(C)c2cc(-c3csc(C4CCN(CC[C@H](O)[C@H](N)CO)CC4)n3)ccc21. The number of hydrogen-bond acceptors (Lipinski definition) is 6. The quantitative estimate of drug-likeness (QED) is 0.557. The first-order valence-electron chi connectivity index (χ1n) is 12.5. The van der Waals surface area contributed by atoms with E-state index in [0.717, 1.165) is 38.2 Å². The molecule has 5 nitrogen and oxygen atoms in total. The predicted octanol–water partition coefficient (Wildman–Crippen LogP) is 4.41. The van der Waals surface area contributed by atoms with Crippen molar-refractivity contribution >= 4 is 11.3 Å². The van der Waals surface area contributed by atoms with Crippen LogP contribution in [-0.2, 0) is 10.8 Å². The van der Waals surface area contributed by atoms with Crippen molar-refractivity contribution in [2.24, 2.45) is 5.73 Å². The van der Waals surface area contributed by atoms with Crippen LogP contribution in [0.5, 0.6) is 0 Å². The van der Waals surface area contributed by atoms with Gasteiger partial charge in [-0.3, -0.25) is 0 Å². The Hall–Kier alpha value is -1.31. The van der Waals surface area contributed by atoms with Crippen LogP contribution in [0, 0.1) is 0 Å². The number of aliphatic hydroxyl groups is 2. The number of piperidine rings is 1. The Kier molecular flexibility index (Phi) is 7.32. The van der Waals surface area contributed by atoms with Gasteiger partial charge in [-0.1, -0.05) is 39.8 Å². The molecule has 0 spiro atoms. The molecule has 182 valence electrons. The number of rotatable bonds is 7. The highest BCUT2D eigenvalue weighted by atomic mass is 32.1. The zero-order valence-electron chi connectivity index (χ0n) is 20.7. The number of thiazole rings is 1. The summed E-state index contributed by atoms with van der Waals surface area (Å²) in [6.07, 6.45) is 4.63. The fourth-order valence-corrected chi connectivity index (χ4v) is 6.41. The van der Waals surface area contributed by atoms with Crippen LogP contribution in [0.25, 0.3) is 11.3 Å². The summed E-state index contributed by atoms with van der Waals surface area (Å²) in [6.45, 7) is 12.2. The minimum absolute atomic E-state index is 0.172. The van der Waals surface area contributed by atoms with E-state index in [2.05, 4.69) is 56.2 Å². The predicted molar refractivity (Wildman–Crippen MR) is 137 cm³/mol. The summed E-state index contributed by atoms with van der Waals surface area (Å²) in [6, 6.07) is 6.48. The van der Waals surface area contributed by atoms with Crippen LogP contribution in [-0.4, -0.2) is 58.5 Å². The maximum absolute atomic E-state index is 10.0. The molecule has 33 heavy (non-hydrogen) atoms. The third kappa shape index (κ3) is 5.35. The summed E-state index contributed by atoms with van der Waals surface area (Å²) < 4.78 is 0. The first-order valence-corrected chi connectivity index (χ1v) is 13.4. The summed E-state index contributed by atoms with van der Waals surface area (Å²) >= 11 is 1.80. The summed E-state index contributed by atoms with van der Waals surface area (Å²) in [4.78, 5) is 7.48. The van der Waals surface area contributed by atoms with Gasteiger partial charge in [0.05, 0.1) is 29.5 Å². The largest absolute Gasteiger partial charge is 0.395 e. The molecule has 4 rings (SSSR count). The highest BCUT2D eigenvalue weighted by molar-refractivity contribution is 7.10. The van der Waals surface area contributed by atoms with Crippen molar-refractivity contribution in [1.29, 1.82) is 0 Å². The zero-order valence-corrected chi connectivity index (χ0v) is 21.5. The van der Waals surface area contributed by atoms with Gasteiger partial charge in [0, 0.05) is 23.4 Å². The highest BCUT2D eigenvalue weighted by Gasteiger charge is 2.37. The molecule has 4 N–H and O–H groups in total. The van der Waals surface area contributed by atoms with Crippen molar-refractivity contribution in [1.82, 2.24) is 9.88 Å². The van der Waals surface area contributed by atoms with E-state index in [1.165, 1.54) is 34.5 Å². The number of aliphatic hydroxyl groups excluding tert-OH is 2. The maximum Gasteiger partial charge on any atom is 0.0964 e. The molecule has 6 heteroatoms. The minimum Gasteiger partial charge on any atom is -0.395 e. The van der Waals surface area contributed by atoms with Gasteiger partial charge in [-0.25, -0.2) is 4.98 Å². The number of hydrogen-bond donors (Lipinski definition) is 3. The Morgan fingerprint density at radius 3 is 2.45 bits per heavy atom. The molecule has 2 aliphatic rings. The third-order valence-electron chi connectivity index (χ3n) is 8.05. The van der Waals surface area contributed by atoms with Crippen molar-refractivity contribution in [2.75, 3.05) is 26.2 Å². The molecule has 2 atom stereocenters. The van der Waals surface area contributed by atoms with Crippen LogP contribution >= 0.6 is 11.3 Å². The van der Waals surface area contributed by atoms with E-state index in [9.17, 15) is 5.11 Å². The standard InChI is InChI=1S/C27H41N3O2S/c1-26(2)10-11-27(3,4)21-15-19(5-6-20(21)26)23-17-33-25(29-23)18-7-12-30(13-8-18)14-9-24(32)22(28)16-31/h5-6,15,17-18,22,24,31-32H,7-14,16,28H2,1-4H3/t22-,24+/m1/s1. The summed E-state index contributed by atoms with van der Waals surface area (Å²) in [5.41, 5.74) is 11.5. The van der Waals surface area contributed by atoms with Crippen molar-refractivity contribution < 1.29 is 10.2 Å². The highest BCUT2D eigenvalue weighted by Crippen LogP contribution is 2.47. The van der Waals surface area contributed by atoms with Crippen molar-refractivity contribution in [2.45, 2.75) is 88.7 Å². The average molecular weight is 472 g/mol. The van der Waals surface area contributed by atoms with Crippen LogP contribution in [0.2, 0.25) is 0 Å². The van der Waals surface area contributed by atoms with Crippen LogP contribution in [0.3, 0.4) is 0 Å². The van der Waals surface area contributed by atoms with Gasteiger partial charge >= 0.3 is 0 Å². The molecule has 1 aromatic heterocycles. The lowest BCUT2D eigenvalue weighted by molar-refractivity contribution is 0.0848. The van der Waals surface area contributed by atoms with E-state index in [-0.39, 0.29) is 17.4 Å². The van der Waals surface area contributed by atoms with E-state index in [1.807, 2.05) is 0 Å². The molecule has 1 aliphatic carbocycles. The number of nitrogens with two attached hydrogens (primary N) is 1. The van der Waals surface area contributed by atoms with E-state index in [0.29, 0.717) is 12.3 Å². The summed E-state index contributed by atoms with van der Waals surface area (Å²) in [5, 5.41) is 22.6. The van der Waals surface area contributed by atoms with Gasteiger partial charge in [0.25, 0.3) is 0 Å². The molecule has 0 amide bonds. The second-order valence-corrected chi connectivity index (χ2v) is 12.3. The molecule has 1 saturated heterocycles. The Morgan fingerprint density at radius 2 is 1.79 bits per heavy atom. The van der Waals surface area contributed by atoms with Gasteiger partial charge in [0.15, 0.2) is 0 Å². The average Bonchev–Trinajstić information content (AvgIpc) is 3.30. The van der Waals surface area contributed by atoms with Gasteiger partial charge in [-0.15, -0.1) is 11.3 Å². The lowest BCUT2D eigenvalue weighted by atomic mass is 9.63. The first-order chi connectivity index (χ1) is 15.6. The molecular formula is C27H41N3O2S. The van der Waals surface area contributed by atoms with Crippen LogP contribution in [0.4, 0.5) is 0 Å². The molecule has 0 bridgehead atoms. The number of aromatic nitrogens is 1. The Labute approximate surface area is 203 Å². The lowest BCUT2D eigenvalue weighted by Crippen LogP contribution is -2.41. The molecule has 0 radical (unpaired) electrons. The Bertz CT molecular complexity index is 947. The fraction of sp³-hybridized carbons (Fsp3) is 0.667. The van der Waals surface area contributed by atoms with Crippen molar-refractivity contribution in [3.63, 3.8) is 0 Å². The topological polar surface area (TPSA) is 82.6 Å². The van der Waals surface area contributed by atoms with Crippen molar-refractivity contribution in [3.8, 4) is 11.3 Å². The molecule has 0 unspecified atom stereocenters. The number of fused-ring (bicyclic) bond motifs is 1. The molecule has 1 aromatic carbocycles. The van der Waals surface area contributed by atoms with E-state index in [1.54, 1.807) is 11.3 Å². The second kappa shape index (κ2) is 9.74. The molecule has 1 aliphatic heterocycles. The van der Waals surface area contributed by atoms with Crippen molar-refractivity contribution in [3.05, 3.63) is 39.7 Å². The lowest BCUT2D eigenvalue weighted by Gasteiger charge is -2.42. The number of benzene rings is 1. The van der Waals surface area contributed by atoms with E-state index >= 15 is 0 Å². The van der Waals surface area contributed by atoms with Crippen LogP contribution in [0.1, 0.15) is 81.9 Å². The maximum atomic E-state index is 10.0. The molecule has 2 heterocycles.